The van der Waals surface area contributed by atoms with Crippen LogP contribution in [0.2, 0.25) is 0 Å². The Hall–Kier alpha value is -1.88. The zero-order valence-corrected chi connectivity index (χ0v) is 12.5. The number of imide groups is 1. The van der Waals surface area contributed by atoms with E-state index in [0.29, 0.717) is 24.9 Å². The molecule has 0 spiro atoms. The summed E-state index contributed by atoms with van der Waals surface area (Å²) in [5.41, 5.74) is 2.25. The number of piperidine rings is 1. The predicted octanol–water partition coefficient (Wildman–Crippen LogP) is 1.15. The van der Waals surface area contributed by atoms with Gasteiger partial charge in [-0.2, -0.15) is 0 Å². The Balaban J connectivity index is 1.51. The number of rotatable bonds is 2. The summed E-state index contributed by atoms with van der Waals surface area (Å²) < 4.78 is 0. The standard InChI is InChI=1S/C17H21N3O2/c21-16-6-5-13(17(22)19-16)11-1-3-12(4-2-11)20-10-8-14-15(20)7-9-18-14/h1-4,13-15,18H,5-10H2,(H,19,21,22)/t13?,14-,15-/m1/s1. The van der Waals surface area contributed by atoms with Gasteiger partial charge in [0.1, 0.15) is 0 Å². The second-order valence-electron chi connectivity index (χ2n) is 6.49. The molecule has 1 aromatic rings. The first-order valence-corrected chi connectivity index (χ1v) is 8.16. The second kappa shape index (κ2) is 5.39. The molecular weight excluding hydrogens is 278 g/mol. The quantitative estimate of drug-likeness (QED) is 0.804. The molecule has 0 radical (unpaired) electrons. The minimum absolute atomic E-state index is 0.158. The van der Waals surface area contributed by atoms with Crippen LogP contribution in [0.15, 0.2) is 24.3 Å². The van der Waals surface area contributed by atoms with Gasteiger partial charge in [0.15, 0.2) is 0 Å². The van der Waals surface area contributed by atoms with Crippen LogP contribution in [0.25, 0.3) is 0 Å². The number of hydrogen-bond donors (Lipinski definition) is 2. The fourth-order valence-electron chi connectivity index (χ4n) is 4.10. The summed E-state index contributed by atoms with van der Waals surface area (Å²) in [4.78, 5) is 25.7. The highest BCUT2D eigenvalue weighted by molar-refractivity contribution is 6.00. The molecular formula is C17H21N3O2. The lowest BCUT2D eigenvalue weighted by Crippen LogP contribution is -2.39. The van der Waals surface area contributed by atoms with Crippen molar-refractivity contribution in [2.45, 2.75) is 43.7 Å². The lowest BCUT2D eigenvalue weighted by atomic mass is 9.90. The lowest BCUT2D eigenvalue weighted by molar-refractivity contribution is -0.134. The highest BCUT2D eigenvalue weighted by Gasteiger charge is 2.37. The molecule has 0 aliphatic carbocycles. The van der Waals surface area contributed by atoms with Crippen LogP contribution >= 0.6 is 0 Å². The molecule has 5 nitrogen and oxygen atoms in total. The highest BCUT2D eigenvalue weighted by atomic mass is 16.2. The van der Waals surface area contributed by atoms with Crippen molar-refractivity contribution in [1.29, 1.82) is 0 Å². The summed E-state index contributed by atoms with van der Waals surface area (Å²) in [6.07, 6.45) is 3.46. The number of benzene rings is 1. The van der Waals surface area contributed by atoms with Crippen LogP contribution in [0, 0.1) is 0 Å². The molecule has 4 rings (SSSR count). The molecule has 3 saturated heterocycles. The molecule has 3 aliphatic rings. The fraction of sp³-hybridized carbons (Fsp3) is 0.529. The Morgan fingerprint density at radius 2 is 1.86 bits per heavy atom. The van der Waals surface area contributed by atoms with Gasteiger partial charge in [0.25, 0.3) is 0 Å². The van der Waals surface area contributed by atoms with Crippen LogP contribution in [0.1, 0.15) is 37.2 Å². The van der Waals surface area contributed by atoms with Crippen molar-refractivity contribution in [2.24, 2.45) is 0 Å². The average Bonchev–Trinajstić information content (AvgIpc) is 3.10. The molecule has 22 heavy (non-hydrogen) atoms. The number of hydrogen-bond acceptors (Lipinski definition) is 4. The summed E-state index contributed by atoms with van der Waals surface area (Å²) in [6.45, 7) is 2.21. The van der Waals surface area contributed by atoms with E-state index in [-0.39, 0.29) is 17.7 Å². The van der Waals surface area contributed by atoms with E-state index in [2.05, 4.69) is 27.7 Å². The first kappa shape index (κ1) is 13.8. The molecule has 0 bridgehead atoms. The smallest absolute Gasteiger partial charge is 0.234 e. The van der Waals surface area contributed by atoms with Crippen LogP contribution in [0.5, 0.6) is 0 Å². The third-order valence-corrected chi connectivity index (χ3v) is 5.26. The van der Waals surface area contributed by atoms with Crippen LogP contribution in [0.3, 0.4) is 0 Å². The van der Waals surface area contributed by atoms with Gasteiger partial charge in [-0.15, -0.1) is 0 Å². The molecule has 0 aromatic heterocycles. The summed E-state index contributed by atoms with van der Waals surface area (Å²) in [7, 11) is 0. The van der Waals surface area contributed by atoms with E-state index in [1.165, 1.54) is 18.5 Å². The summed E-state index contributed by atoms with van der Waals surface area (Å²) >= 11 is 0. The first-order chi connectivity index (χ1) is 10.7. The number of anilines is 1. The van der Waals surface area contributed by atoms with Gasteiger partial charge in [0.2, 0.25) is 11.8 Å². The third-order valence-electron chi connectivity index (χ3n) is 5.26. The molecule has 2 N–H and O–H groups in total. The summed E-state index contributed by atoms with van der Waals surface area (Å²) in [6, 6.07) is 9.59. The maximum atomic E-state index is 11.9. The molecule has 1 aromatic carbocycles. The second-order valence-corrected chi connectivity index (χ2v) is 6.49. The van der Waals surface area contributed by atoms with Crippen molar-refractivity contribution in [3.8, 4) is 0 Å². The molecule has 1 unspecified atom stereocenters. The highest BCUT2D eigenvalue weighted by Crippen LogP contribution is 2.32. The Labute approximate surface area is 130 Å². The maximum Gasteiger partial charge on any atom is 0.234 e. The van der Waals surface area contributed by atoms with Gasteiger partial charge < -0.3 is 10.2 Å². The number of nitrogens with zero attached hydrogens (tertiary/aromatic N) is 1. The van der Waals surface area contributed by atoms with Gasteiger partial charge >= 0.3 is 0 Å². The van der Waals surface area contributed by atoms with Crippen LogP contribution in [-0.2, 0) is 9.59 Å². The molecule has 0 saturated carbocycles. The Bertz CT molecular complexity index is 598. The normalized spacial score (nSPS) is 31.3. The van der Waals surface area contributed by atoms with Gasteiger partial charge in [-0.25, -0.2) is 0 Å². The van der Waals surface area contributed by atoms with E-state index in [1.807, 2.05) is 12.1 Å². The van der Waals surface area contributed by atoms with Crippen molar-refractivity contribution in [2.75, 3.05) is 18.0 Å². The van der Waals surface area contributed by atoms with Gasteiger partial charge in [0, 0.05) is 30.7 Å². The summed E-state index contributed by atoms with van der Waals surface area (Å²) in [5.74, 6) is -0.508. The number of fused-ring (bicyclic) bond motifs is 1. The topological polar surface area (TPSA) is 61.4 Å². The zero-order chi connectivity index (χ0) is 15.1. The zero-order valence-electron chi connectivity index (χ0n) is 12.5. The summed E-state index contributed by atoms with van der Waals surface area (Å²) in [5, 5.41) is 6.00. The number of carbonyl (C=O) groups excluding carboxylic acids is 2. The Morgan fingerprint density at radius 1 is 1.05 bits per heavy atom. The lowest BCUT2D eigenvalue weighted by Gasteiger charge is -2.26. The number of nitrogens with one attached hydrogen (secondary N) is 2. The van der Waals surface area contributed by atoms with Crippen molar-refractivity contribution in [1.82, 2.24) is 10.6 Å². The first-order valence-electron chi connectivity index (χ1n) is 8.16. The molecule has 3 aliphatic heterocycles. The number of carbonyl (C=O) groups is 2. The molecule has 116 valence electrons. The van der Waals surface area contributed by atoms with Crippen molar-refractivity contribution < 1.29 is 9.59 Å². The van der Waals surface area contributed by atoms with Gasteiger partial charge in [-0.1, -0.05) is 12.1 Å². The van der Waals surface area contributed by atoms with Crippen LogP contribution in [-0.4, -0.2) is 37.0 Å². The fourth-order valence-corrected chi connectivity index (χ4v) is 4.10. The van der Waals surface area contributed by atoms with Crippen LogP contribution < -0.4 is 15.5 Å². The van der Waals surface area contributed by atoms with E-state index in [1.54, 1.807) is 0 Å². The van der Waals surface area contributed by atoms with Crippen molar-refractivity contribution >= 4 is 17.5 Å². The van der Waals surface area contributed by atoms with E-state index < -0.39 is 0 Å². The Kier molecular flexibility index (Phi) is 3.37. The molecule has 5 heteroatoms. The maximum absolute atomic E-state index is 11.9. The SMILES string of the molecule is O=C1CCC(c2ccc(N3CC[C@H]4NCC[C@H]43)cc2)C(=O)N1. The monoisotopic (exact) mass is 299 g/mol. The molecule has 3 atom stereocenters. The average molecular weight is 299 g/mol. The van der Waals surface area contributed by atoms with Gasteiger partial charge in [0.05, 0.1) is 5.92 Å². The van der Waals surface area contributed by atoms with Crippen molar-refractivity contribution in [3.05, 3.63) is 29.8 Å². The molecule has 3 heterocycles. The van der Waals surface area contributed by atoms with Crippen molar-refractivity contribution in [3.63, 3.8) is 0 Å². The molecule has 3 fully saturated rings. The predicted molar refractivity (Wildman–Crippen MR) is 83.7 cm³/mol. The molecule has 2 amide bonds. The largest absolute Gasteiger partial charge is 0.367 e. The van der Waals surface area contributed by atoms with Gasteiger partial charge in [-0.3, -0.25) is 14.9 Å². The van der Waals surface area contributed by atoms with Gasteiger partial charge in [-0.05, 0) is 43.5 Å². The third kappa shape index (κ3) is 2.29. The minimum Gasteiger partial charge on any atom is -0.367 e. The van der Waals surface area contributed by atoms with E-state index in [9.17, 15) is 9.59 Å². The minimum atomic E-state index is -0.189. The van der Waals surface area contributed by atoms with Crippen LogP contribution in [0.4, 0.5) is 5.69 Å². The van der Waals surface area contributed by atoms with E-state index >= 15 is 0 Å². The van der Waals surface area contributed by atoms with E-state index in [0.717, 1.165) is 18.7 Å². The van der Waals surface area contributed by atoms with E-state index in [4.69, 9.17) is 0 Å². The Morgan fingerprint density at radius 3 is 2.64 bits per heavy atom. The number of amides is 2.